The van der Waals surface area contributed by atoms with Crippen LogP contribution in [0.15, 0.2) is 41.5 Å². The molecule has 0 saturated heterocycles. The second-order valence-corrected chi connectivity index (χ2v) is 7.17. The number of amides is 1. The van der Waals surface area contributed by atoms with Gasteiger partial charge in [0.25, 0.3) is 0 Å². The van der Waals surface area contributed by atoms with Crippen LogP contribution in [0.5, 0.6) is 0 Å². The van der Waals surface area contributed by atoms with Crippen molar-refractivity contribution in [3.8, 4) is 0 Å². The molecule has 7 nitrogen and oxygen atoms in total. The van der Waals surface area contributed by atoms with E-state index in [2.05, 4.69) is 26.0 Å². The molecule has 0 radical (unpaired) electrons. The Bertz CT molecular complexity index is 813. The lowest BCUT2D eigenvalue weighted by Gasteiger charge is -2.12. The first kappa shape index (κ1) is 23.2. The summed E-state index contributed by atoms with van der Waals surface area (Å²) in [5.41, 5.74) is 2.99. The van der Waals surface area contributed by atoms with E-state index in [0.717, 1.165) is 55.1 Å². The molecule has 0 unspecified atom stereocenters. The number of aryl methyl sites for hydroxylation is 1. The van der Waals surface area contributed by atoms with E-state index in [4.69, 9.17) is 0 Å². The molecule has 1 aromatic carbocycles. The summed E-state index contributed by atoms with van der Waals surface area (Å²) in [6.07, 6.45) is 6.11. The molecule has 0 bridgehead atoms. The summed E-state index contributed by atoms with van der Waals surface area (Å²) in [6.45, 7) is 4.02. The summed E-state index contributed by atoms with van der Waals surface area (Å²) >= 11 is 0. The van der Waals surface area contributed by atoms with Gasteiger partial charge in [0.1, 0.15) is 0 Å². The first-order valence-corrected chi connectivity index (χ1v) is 10.0. The Balaban J connectivity index is 0.00000300. The van der Waals surface area contributed by atoms with Crippen molar-refractivity contribution < 1.29 is 4.79 Å². The molecule has 1 aliphatic rings. The zero-order valence-corrected chi connectivity index (χ0v) is 19.5. The van der Waals surface area contributed by atoms with Gasteiger partial charge in [0.2, 0.25) is 5.91 Å². The van der Waals surface area contributed by atoms with Crippen molar-refractivity contribution in [1.29, 1.82) is 0 Å². The van der Waals surface area contributed by atoms with Gasteiger partial charge in [-0.15, -0.1) is 24.0 Å². The fourth-order valence-electron chi connectivity index (χ4n) is 3.44. The Morgan fingerprint density at radius 3 is 2.72 bits per heavy atom. The molecule has 1 aliphatic carbocycles. The number of hydrogen-bond acceptors (Lipinski definition) is 3. The number of carbonyl (C=O) groups is 1. The van der Waals surface area contributed by atoms with Crippen LogP contribution in [0.3, 0.4) is 0 Å². The SMILES string of the molecule is CCNC(=NCc1cccc(NC(=O)C2CCCC2)c1)NCc1ccnn1C.I. The van der Waals surface area contributed by atoms with E-state index < -0.39 is 0 Å². The van der Waals surface area contributed by atoms with Crippen LogP contribution in [0.1, 0.15) is 43.9 Å². The zero-order valence-electron chi connectivity index (χ0n) is 17.1. The summed E-state index contributed by atoms with van der Waals surface area (Å²) in [5, 5.41) is 13.8. The highest BCUT2D eigenvalue weighted by Gasteiger charge is 2.22. The van der Waals surface area contributed by atoms with Gasteiger partial charge in [-0.3, -0.25) is 9.48 Å². The number of hydrogen-bond donors (Lipinski definition) is 3. The van der Waals surface area contributed by atoms with Crippen molar-refractivity contribution in [3.05, 3.63) is 47.8 Å². The van der Waals surface area contributed by atoms with Crippen LogP contribution in [0.2, 0.25) is 0 Å². The van der Waals surface area contributed by atoms with E-state index in [1.807, 2.05) is 49.0 Å². The Morgan fingerprint density at radius 2 is 2.03 bits per heavy atom. The molecule has 1 fully saturated rings. The van der Waals surface area contributed by atoms with Gasteiger partial charge in [-0.05, 0) is 43.5 Å². The highest BCUT2D eigenvalue weighted by atomic mass is 127. The molecule has 1 saturated carbocycles. The molecule has 29 heavy (non-hydrogen) atoms. The number of aromatic nitrogens is 2. The molecule has 1 aromatic heterocycles. The van der Waals surface area contributed by atoms with Crippen molar-refractivity contribution in [3.63, 3.8) is 0 Å². The summed E-state index contributed by atoms with van der Waals surface area (Å²) < 4.78 is 1.84. The second-order valence-electron chi connectivity index (χ2n) is 7.17. The molecule has 1 heterocycles. The normalized spacial score (nSPS) is 14.3. The Morgan fingerprint density at radius 1 is 1.24 bits per heavy atom. The maximum atomic E-state index is 12.3. The van der Waals surface area contributed by atoms with Crippen LogP contribution in [0.25, 0.3) is 0 Å². The van der Waals surface area contributed by atoms with Gasteiger partial charge in [-0.1, -0.05) is 25.0 Å². The number of aliphatic imine (C=N–C) groups is 1. The highest BCUT2D eigenvalue weighted by molar-refractivity contribution is 14.0. The zero-order chi connectivity index (χ0) is 19.8. The average Bonchev–Trinajstić information content (AvgIpc) is 3.36. The molecule has 0 atom stereocenters. The fourth-order valence-corrected chi connectivity index (χ4v) is 3.44. The maximum Gasteiger partial charge on any atom is 0.227 e. The Hall–Kier alpha value is -2.10. The van der Waals surface area contributed by atoms with Crippen molar-refractivity contribution in [2.75, 3.05) is 11.9 Å². The van der Waals surface area contributed by atoms with Crippen LogP contribution in [0, 0.1) is 5.92 Å². The maximum absolute atomic E-state index is 12.3. The number of benzene rings is 1. The third-order valence-electron chi connectivity index (χ3n) is 5.04. The topological polar surface area (TPSA) is 83.3 Å². The minimum Gasteiger partial charge on any atom is -0.357 e. The molecule has 2 aromatic rings. The lowest BCUT2D eigenvalue weighted by Crippen LogP contribution is -2.37. The van der Waals surface area contributed by atoms with Crippen LogP contribution in [-0.4, -0.2) is 28.2 Å². The molecule has 158 valence electrons. The van der Waals surface area contributed by atoms with E-state index >= 15 is 0 Å². The van der Waals surface area contributed by atoms with Crippen molar-refractivity contribution in [2.24, 2.45) is 18.0 Å². The highest BCUT2D eigenvalue weighted by Crippen LogP contribution is 2.26. The van der Waals surface area contributed by atoms with Crippen LogP contribution in [-0.2, 0) is 24.9 Å². The number of nitrogens with one attached hydrogen (secondary N) is 3. The van der Waals surface area contributed by atoms with Gasteiger partial charge in [-0.25, -0.2) is 4.99 Å². The van der Waals surface area contributed by atoms with Gasteiger partial charge in [0, 0.05) is 31.4 Å². The third-order valence-corrected chi connectivity index (χ3v) is 5.04. The average molecular weight is 510 g/mol. The van der Waals surface area contributed by atoms with Crippen molar-refractivity contribution in [1.82, 2.24) is 20.4 Å². The summed E-state index contributed by atoms with van der Waals surface area (Å²) in [5.74, 6) is 1.06. The second kappa shape index (κ2) is 11.8. The monoisotopic (exact) mass is 510 g/mol. The first-order chi connectivity index (χ1) is 13.7. The first-order valence-electron chi connectivity index (χ1n) is 10.0. The molecule has 3 rings (SSSR count). The molecular formula is C21H31IN6O. The van der Waals surface area contributed by atoms with E-state index in [-0.39, 0.29) is 35.8 Å². The van der Waals surface area contributed by atoms with Gasteiger partial charge >= 0.3 is 0 Å². The Labute approximate surface area is 189 Å². The van der Waals surface area contributed by atoms with Gasteiger partial charge in [-0.2, -0.15) is 5.10 Å². The van der Waals surface area contributed by atoms with Gasteiger partial charge in [0.15, 0.2) is 5.96 Å². The number of nitrogens with zero attached hydrogens (tertiary/aromatic N) is 3. The lowest BCUT2D eigenvalue weighted by molar-refractivity contribution is -0.119. The molecule has 0 aliphatic heterocycles. The molecule has 8 heteroatoms. The summed E-state index contributed by atoms with van der Waals surface area (Å²) in [4.78, 5) is 17.0. The lowest BCUT2D eigenvalue weighted by atomic mass is 10.1. The van der Waals surface area contributed by atoms with Gasteiger partial charge in [0.05, 0.1) is 18.8 Å². The quantitative estimate of drug-likeness (QED) is 0.303. The summed E-state index contributed by atoms with van der Waals surface area (Å²) in [6, 6.07) is 9.91. The number of carbonyl (C=O) groups excluding carboxylic acids is 1. The van der Waals surface area contributed by atoms with Crippen LogP contribution in [0.4, 0.5) is 5.69 Å². The van der Waals surface area contributed by atoms with Crippen LogP contribution >= 0.6 is 24.0 Å². The largest absolute Gasteiger partial charge is 0.357 e. The van der Waals surface area contributed by atoms with E-state index in [9.17, 15) is 4.79 Å². The van der Waals surface area contributed by atoms with Crippen molar-refractivity contribution in [2.45, 2.75) is 45.7 Å². The Kier molecular flexibility index (Phi) is 9.43. The summed E-state index contributed by atoms with van der Waals surface area (Å²) in [7, 11) is 1.92. The number of anilines is 1. The van der Waals surface area contributed by atoms with E-state index in [0.29, 0.717) is 13.1 Å². The van der Waals surface area contributed by atoms with Gasteiger partial charge < -0.3 is 16.0 Å². The number of halogens is 1. The predicted molar refractivity (Wildman–Crippen MR) is 127 cm³/mol. The number of rotatable bonds is 7. The fraction of sp³-hybridized carbons (Fsp3) is 0.476. The standard InChI is InChI=1S/C21H30N6O.HI/c1-3-22-21(24-15-19-11-12-25-27(19)2)23-14-16-7-6-10-18(13-16)26-20(28)17-8-4-5-9-17;/h6-7,10-13,17H,3-5,8-9,14-15H2,1-2H3,(H,26,28)(H2,22,23,24);1H. The predicted octanol–water partition coefficient (Wildman–Crippen LogP) is 3.42. The minimum atomic E-state index is 0. The van der Waals surface area contributed by atoms with Crippen LogP contribution < -0.4 is 16.0 Å². The minimum absolute atomic E-state index is 0. The third kappa shape index (κ3) is 7.02. The number of guanidine groups is 1. The molecule has 0 spiro atoms. The molecule has 1 amide bonds. The molecular weight excluding hydrogens is 479 g/mol. The van der Waals surface area contributed by atoms with Crippen molar-refractivity contribution >= 4 is 41.5 Å². The smallest absolute Gasteiger partial charge is 0.227 e. The van der Waals surface area contributed by atoms with E-state index in [1.165, 1.54) is 0 Å². The molecule has 3 N–H and O–H groups in total. The van der Waals surface area contributed by atoms with E-state index in [1.54, 1.807) is 6.20 Å².